The van der Waals surface area contributed by atoms with Crippen molar-refractivity contribution in [3.05, 3.63) is 34.1 Å². The van der Waals surface area contributed by atoms with Gasteiger partial charge < -0.3 is 9.42 Å². The van der Waals surface area contributed by atoms with Crippen LogP contribution in [0, 0.1) is 12.8 Å². The van der Waals surface area contributed by atoms with Crippen LogP contribution in [0.15, 0.2) is 21.5 Å². The molecule has 2 aromatic rings. The van der Waals surface area contributed by atoms with Crippen molar-refractivity contribution in [1.82, 2.24) is 19.9 Å². The number of thiazole rings is 1. The first-order chi connectivity index (χ1) is 11.2. The summed E-state index contributed by atoms with van der Waals surface area (Å²) >= 11 is 1.58. The molecule has 0 aromatic carbocycles. The fourth-order valence-corrected chi connectivity index (χ4v) is 4.22. The molecule has 3 saturated heterocycles. The molecule has 2 atom stereocenters. The highest BCUT2D eigenvalue weighted by molar-refractivity contribution is 7.07. The fraction of sp³-hybridized carbons (Fsp3) is 0.562. The average Bonchev–Trinajstić information content (AvgIpc) is 3.10. The van der Waals surface area contributed by atoms with Crippen molar-refractivity contribution in [2.75, 3.05) is 13.1 Å². The summed E-state index contributed by atoms with van der Waals surface area (Å²) in [4.78, 5) is 21.5. The van der Waals surface area contributed by atoms with Gasteiger partial charge in [-0.05, 0) is 19.8 Å². The van der Waals surface area contributed by atoms with Gasteiger partial charge in [-0.15, -0.1) is 11.3 Å². The first-order valence-electron chi connectivity index (χ1n) is 8.01. The molecule has 2 aromatic heterocycles. The molecule has 3 fully saturated rings. The predicted octanol–water partition coefficient (Wildman–Crippen LogP) is 2.06. The third kappa shape index (κ3) is 3.03. The van der Waals surface area contributed by atoms with E-state index in [0.717, 1.165) is 49.6 Å². The smallest absolute Gasteiger partial charge is 0.227 e. The highest BCUT2D eigenvalue weighted by atomic mass is 32.1. The van der Waals surface area contributed by atoms with E-state index in [9.17, 15) is 4.79 Å². The van der Waals surface area contributed by atoms with Crippen molar-refractivity contribution in [1.29, 1.82) is 0 Å². The molecule has 5 heterocycles. The molecule has 0 N–H and O–H groups in total. The standard InChI is InChI=1S/C16H20N4O2S/c1-11-4-15(22-18-11)8-19-5-12-2-3-14(7-19)20(16(12)21)6-13-9-23-10-17-13/h4,9-10,12,14H,2-3,5-8H2,1H3/t12-,14+/m0/s1. The van der Waals surface area contributed by atoms with E-state index < -0.39 is 0 Å². The normalized spacial score (nSPS) is 25.1. The van der Waals surface area contributed by atoms with Gasteiger partial charge in [0.25, 0.3) is 0 Å². The first kappa shape index (κ1) is 14.8. The Bertz CT molecular complexity index is 684. The van der Waals surface area contributed by atoms with E-state index in [-0.39, 0.29) is 17.9 Å². The number of hydrogen-bond acceptors (Lipinski definition) is 6. The lowest BCUT2D eigenvalue weighted by molar-refractivity contribution is -0.140. The minimum absolute atomic E-state index is 0.0939. The minimum Gasteiger partial charge on any atom is -0.360 e. The highest BCUT2D eigenvalue weighted by Crippen LogP contribution is 2.31. The van der Waals surface area contributed by atoms with Gasteiger partial charge >= 0.3 is 0 Å². The minimum atomic E-state index is 0.0939. The van der Waals surface area contributed by atoms with E-state index in [2.05, 4.69) is 15.0 Å². The summed E-state index contributed by atoms with van der Waals surface area (Å²) in [6.07, 6.45) is 2.06. The van der Waals surface area contributed by atoms with Gasteiger partial charge in [0.05, 0.1) is 35.9 Å². The van der Waals surface area contributed by atoms with Crippen molar-refractivity contribution in [3.63, 3.8) is 0 Å². The number of fused-ring (bicyclic) bond motifs is 4. The van der Waals surface area contributed by atoms with Crippen LogP contribution in [0.2, 0.25) is 0 Å². The second kappa shape index (κ2) is 6.05. The maximum atomic E-state index is 12.8. The summed E-state index contributed by atoms with van der Waals surface area (Å²) in [6.45, 7) is 5.00. The molecule has 3 aliphatic heterocycles. The first-order valence-corrected chi connectivity index (χ1v) is 8.95. The fourth-order valence-electron chi connectivity index (χ4n) is 3.67. The summed E-state index contributed by atoms with van der Waals surface area (Å²) < 4.78 is 5.34. The van der Waals surface area contributed by atoms with Crippen LogP contribution in [0.5, 0.6) is 0 Å². The monoisotopic (exact) mass is 332 g/mol. The Morgan fingerprint density at radius 1 is 1.35 bits per heavy atom. The summed E-state index contributed by atoms with van der Waals surface area (Å²) in [7, 11) is 0. The average molecular weight is 332 g/mol. The lowest BCUT2D eigenvalue weighted by atomic mass is 9.94. The molecule has 0 unspecified atom stereocenters. The van der Waals surface area contributed by atoms with E-state index in [1.54, 1.807) is 11.3 Å². The number of carbonyl (C=O) groups is 1. The SMILES string of the molecule is Cc1cc(CN2C[C@@H]3CC[C@H](C2)N(Cc2cscn2)C3=O)on1. The van der Waals surface area contributed by atoms with Gasteiger partial charge in [0.15, 0.2) is 5.76 Å². The van der Waals surface area contributed by atoms with E-state index in [4.69, 9.17) is 4.52 Å². The molecule has 5 rings (SSSR count). The second-order valence-electron chi connectivity index (χ2n) is 6.50. The Morgan fingerprint density at radius 2 is 2.26 bits per heavy atom. The number of amides is 1. The van der Waals surface area contributed by atoms with Crippen LogP contribution in [0.4, 0.5) is 0 Å². The highest BCUT2D eigenvalue weighted by Gasteiger charge is 2.40. The molecule has 2 bridgehead atoms. The largest absolute Gasteiger partial charge is 0.360 e. The number of piperidine rings is 1. The maximum absolute atomic E-state index is 12.8. The number of rotatable bonds is 4. The van der Waals surface area contributed by atoms with E-state index in [1.807, 2.05) is 28.8 Å². The Kier molecular flexibility index (Phi) is 3.90. The summed E-state index contributed by atoms with van der Waals surface area (Å²) in [6, 6.07) is 2.24. The zero-order chi connectivity index (χ0) is 15.8. The van der Waals surface area contributed by atoms with Gasteiger partial charge in [0, 0.05) is 30.6 Å². The van der Waals surface area contributed by atoms with Crippen LogP contribution < -0.4 is 0 Å². The second-order valence-corrected chi connectivity index (χ2v) is 7.22. The Hall–Kier alpha value is -1.73. The van der Waals surface area contributed by atoms with Gasteiger partial charge in [0.1, 0.15) is 0 Å². The van der Waals surface area contributed by atoms with Gasteiger partial charge in [-0.25, -0.2) is 4.98 Å². The Morgan fingerprint density at radius 3 is 3.00 bits per heavy atom. The van der Waals surface area contributed by atoms with E-state index >= 15 is 0 Å². The molecule has 0 aliphatic carbocycles. The summed E-state index contributed by atoms with van der Waals surface area (Å²) in [5.41, 5.74) is 3.72. The Balaban J connectivity index is 1.50. The number of nitrogens with zero attached hydrogens (tertiary/aromatic N) is 4. The molecule has 122 valence electrons. The van der Waals surface area contributed by atoms with Crippen molar-refractivity contribution in [3.8, 4) is 0 Å². The quantitative estimate of drug-likeness (QED) is 0.857. The predicted molar refractivity (Wildman–Crippen MR) is 85.7 cm³/mol. The van der Waals surface area contributed by atoms with Crippen LogP contribution in [0.1, 0.15) is 30.0 Å². The molecule has 0 spiro atoms. The van der Waals surface area contributed by atoms with Gasteiger partial charge in [-0.2, -0.15) is 0 Å². The van der Waals surface area contributed by atoms with Gasteiger partial charge in [-0.3, -0.25) is 9.69 Å². The van der Waals surface area contributed by atoms with Crippen LogP contribution >= 0.6 is 11.3 Å². The molecule has 0 saturated carbocycles. The lowest BCUT2D eigenvalue weighted by Crippen LogP contribution is -2.47. The molecule has 6 nitrogen and oxygen atoms in total. The van der Waals surface area contributed by atoms with Gasteiger partial charge in [-0.1, -0.05) is 5.16 Å². The molecular formula is C16H20N4O2S. The third-order valence-corrected chi connectivity index (χ3v) is 5.38. The Labute approximate surface area is 139 Å². The van der Waals surface area contributed by atoms with E-state index in [1.165, 1.54) is 0 Å². The zero-order valence-corrected chi connectivity index (χ0v) is 14.0. The molecule has 1 amide bonds. The third-order valence-electron chi connectivity index (χ3n) is 4.74. The van der Waals surface area contributed by atoms with Crippen molar-refractivity contribution in [2.24, 2.45) is 5.92 Å². The van der Waals surface area contributed by atoms with Crippen LogP contribution in [-0.4, -0.2) is 45.0 Å². The van der Waals surface area contributed by atoms with Crippen LogP contribution in [0.25, 0.3) is 0 Å². The summed E-state index contributed by atoms with van der Waals surface area (Å²) in [5, 5.41) is 5.98. The molecule has 0 radical (unpaired) electrons. The number of aryl methyl sites for hydroxylation is 1. The maximum Gasteiger partial charge on any atom is 0.227 e. The zero-order valence-electron chi connectivity index (χ0n) is 13.1. The topological polar surface area (TPSA) is 62.5 Å². The van der Waals surface area contributed by atoms with Gasteiger partial charge in [0.2, 0.25) is 5.91 Å². The van der Waals surface area contributed by atoms with Crippen LogP contribution in [0.3, 0.4) is 0 Å². The number of hydrogen-bond donors (Lipinski definition) is 0. The molecule has 7 heteroatoms. The van der Waals surface area contributed by atoms with Crippen molar-refractivity contribution in [2.45, 2.75) is 38.9 Å². The molecule has 3 aliphatic rings. The van der Waals surface area contributed by atoms with Crippen molar-refractivity contribution < 1.29 is 9.32 Å². The molecule has 23 heavy (non-hydrogen) atoms. The number of carbonyl (C=O) groups excluding carboxylic acids is 1. The number of aromatic nitrogens is 2. The molecular weight excluding hydrogens is 312 g/mol. The lowest BCUT2D eigenvalue weighted by Gasteiger charge is -2.35. The van der Waals surface area contributed by atoms with Crippen LogP contribution in [-0.2, 0) is 17.9 Å². The van der Waals surface area contributed by atoms with Crippen molar-refractivity contribution >= 4 is 17.2 Å². The summed E-state index contributed by atoms with van der Waals surface area (Å²) in [5.74, 6) is 1.25. The van der Waals surface area contributed by atoms with E-state index in [0.29, 0.717) is 6.54 Å².